The van der Waals surface area contributed by atoms with E-state index in [9.17, 15) is 9.59 Å². The van der Waals surface area contributed by atoms with Crippen LogP contribution in [0, 0.1) is 5.92 Å². The van der Waals surface area contributed by atoms with Crippen molar-refractivity contribution in [2.24, 2.45) is 11.8 Å². The van der Waals surface area contributed by atoms with Gasteiger partial charge < -0.3 is 19.1 Å². The van der Waals surface area contributed by atoms with E-state index in [0.29, 0.717) is 52.4 Å². The third-order valence-corrected chi connectivity index (χ3v) is 3.39. The van der Waals surface area contributed by atoms with Gasteiger partial charge in [-0.15, -0.1) is 0 Å². The van der Waals surface area contributed by atoms with Crippen LogP contribution >= 0.6 is 0 Å². The first-order valence-corrected chi connectivity index (χ1v) is 7.11. The maximum atomic E-state index is 11.9. The molecule has 1 aliphatic heterocycles. The van der Waals surface area contributed by atoms with Crippen LogP contribution in [0.4, 0.5) is 0 Å². The largest absolute Gasteiger partial charge is 0.382 e. The summed E-state index contributed by atoms with van der Waals surface area (Å²) in [5.41, 5.74) is 2.15. The minimum Gasteiger partial charge on any atom is -0.382 e. The van der Waals surface area contributed by atoms with Crippen LogP contribution in [-0.4, -0.2) is 69.9 Å². The lowest BCUT2D eigenvalue weighted by Crippen LogP contribution is -2.45. The molecule has 0 aromatic heterocycles. The van der Waals surface area contributed by atoms with E-state index in [1.165, 1.54) is 0 Å². The van der Waals surface area contributed by atoms with Gasteiger partial charge in [0.15, 0.2) is 0 Å². The summed E-state index contributed by atoms with van der Waals surface area (Å²) in [5, 5.41) is 0. The highest BCUT2D eigenvalue weighted by molar-refractivity contribution is 5.80. The van der Waals surface area contributed by atoms with Gasteiger partial charge in [-0.3, -0.25) is 15.0 Å². The molecule has 0 unspecified atom stereocenters. The molecule has 0 saturated carbocycles. The smallest absolute Gasteiger partial charge is 0.248 e. The van der Waals surface area contributed by atoms with Crippen LogP contribution in [0.15, 0.2) is 0 Å². The first kappa shape index (κ1) is 17.8. The number of amides is 2. The third-order valence-electron chi connectivity index (χ3n) is 3.39. The molecule has 0 aromatic carbocycles. The van der Waals surface area contributed by atoms with Crippen LogP contribution < -0.4 is 11.3 Å². The van der Waals surface area contributed by atoms with E-state index >= 15 is 0 Å². The molecular weight excluding hydrogens is 278 g/mol. The standard InChI is InChI=1S/C13H25N3O5/c1-19-6-7-20-8-9-21-10-12(17)16-4-2-11(3-5-16)13(18)15-14/h11H,2-10,14H2,1H3,(H,15,18). The highest BCUT2D eigenvalue weighted by Crippen LogP contribution is 2.17. The quantitative estimate of drug-likeness (QED) is 0.242. The van der Waals surface area contributed by atoms with E-state index < -0.39 is 0 Å². The number of ether oxygens (including phenoxy) is 3. The Morgan fingerprint density at radius 3 is 2.38 bits per heavy atom. The van der Waals surface area contributed by atoms with Gasteiger partial charge in [0.05, 0.1) is 26.4 Å². The van der Waals surface area contributed by atoms with Gasteiger partial charge in [-0.05, 0) is 12.8 Å². The number of hydrogen-bond acceptors (Lipinski definition) is 6. The van der Waals surface area contributed by atoms with Crippen molar-refractivity contribution in [2.45, 2.75) is 12.8 Å². The molecule has 0 atom stereocenters. The normalized spacial score (nSPS) is 16.0. The Morgan fingerprint density at radius 2 is 1.76 bits per heavy atom. The molecular formula is C13H25N3O5. The van der Waals surface area contributed by atoms with E-state index in [4.69, 9.17) is 20.1 Å². The van der Waals surface area contributed by atoms with Crippen molar-refractivity contribution in [1.29, 1.82) is 0 Å². The molecule has 1 saturated heterocycles. The van der Waals surface area contributed by atoms with Crippen molar-refractivity contribution in [3.05, 3.63) is 0 Å². The number of methoxy groups -OCH3 is 1. The molecule has 0 aliphatic carbocycles. The number of carbonyl (C=O) groups is 2. The molecule has 1 aliphatic rings. The SMILES string of the molecule is COCCOCCOCC(=O)N1CCC(C(=O)NN)CC1. The molecule has 8 nitrogen and oxygen atoms in total. The fourth-order valence-corrected chi connectivity index (χ4v) is 2.12. The lowest BCUT2D eigenvalue weighted by molar-refractivity contribution is -0.140. The first-order chi connectivity index (χ1) is 10.2. The molecule has 1 rings (SSSR count). The predicted molar refractivity (Wildman–Crippen MR) is 75.1 cm³/mol. The van der Waals surface area contributed by atoms with Gasteiger partial charge in [-0.1, -0.05) is 0 Å². The number of nitrogens with two attached hydrogens (primary N) is 1. The van der Waals surface area contributed by atoms with Crippen LogP contribution in [0.3, 0.4) is 0 Å². The van der Waals surface area contributed by atoms with Gasteiger partial charge in [0.2, 0.25) is 11.8 Å². The average molecular weight is 303 g/mol. The van der Waals surface area contributed by atoms with E-state index in [2.05, 4.69) is 5.43 Å². The van der Waals surface area contributed by atoms with Gasteiger partial charge in [0.1, 0.15) is 6.61 Å². The van der Waals surface area contributed by atoms with Gasteiger partial charge in [0.25, 0.3) is 0 Å². The third kappa shape index (κ3) is 6.85. The minimum absolute atomic E-state index is 0.0430. The van der Waals surface area contributed by atoms with Crippen LogP contribution in [0.2, 0.25) is 0 Å². The summed E-state index contributed by atoms with van der Waals surface area (Å²) in [6.07, 6.45) is 1.27. The molecule has 1 heterocycles. The lowest BCUT2D eigenvalue weighted by atomic mass is 9.96. The summed E-state index contributed by atoms with van der Waals surface area (Å²) in [4.78, 5) is 25.0. The Morgan fingerprint density at radius 1 is 1.14 bits per heavy atom. The number of nitrogens with one attached hydrogen (secondary N) is 1. The Hall–Kier alpha value is -1.22. The number of piperidine rings is 1. The van der Waals surface area contributed by atoms with E-state index in [1.54, 1.807) is 12.0 Å². The van der Waals surface area contributed by atoms with E-state index in [0.717, 1.165) is 0 Å². The van der Waals surface area contributed by atoms with Crippen molar-refractivity contribution in [1.82, 2.24) is 10.3 Å². The zero-order valence-electron chi connectivity index (χ0n) is 12.5. The second-order valence-corrected chi connectivity index (χ2v) is 4.82. The maximum absolute atomic E-state index is 11.9. The highest BCUT2D eigenvalue weighted by atomic mass is 16.5. The molecule has 3 N–H and O–H groups in total. The number of rotatable bonds is 9. The molecule has 21 heavy (non-hydrogen) atoms. The number of hydrogen-bond donors (Lipinski definition) is 2. The zero-order valence-corrected chi connectivity index (χ0v) is 12.5. The second kappa shape index (κ2) is 10.5. The second-order valence-electron chi connectivity index (χ2n) is 4.82. The van der Waals surface area contributed by atoms with Crippen molar-refractivity contribution in [3.8, 4) is 0 Å². The van der Waals surface area contributed by atoms with Crippen LogP contribution in [0.5, 0.6) is 0 Å². The molecule has 0 spiro atoms. The van der Waals surface area contributed by atoms with Crippen molar-refractivity contribution >= 4 is 11.8 Å². The molecule has 1 fully saturated rings. The van der Waals surface area contributed by atoms with Crippen LogP contribution in [0.1, 0.15) is 12.8 Å². The molecule has 2 amide bonds. The van der Waals surface area contributed by atoms with Gasteiger partial charge >= 0.3 is 0 Å². The number of likely N-dealkylation sites (tertiary alicyclic amines) is 1. The summed E-state index contributed by atoms with van der Waals surface area (Å²) < 4.78 is 15.3. The van der Waals surface area contributed by atoms with Crippen LogP contribution in [0.25, 0.3) is 0 Å². The summed E-state index contributed by atoms with van der Waals surface area (Å²) in [7, 11) is 1.61. The molecule has 122 valence electrons. The first-order valence-electron chi connectivity index (χ1n) is 7.11. The van der Waals surface area contributed by atoms with Crippen molar-refractivity contribution in [3.63, 3.8) is 0 Å². The fraction of sp³-hybridized carbons (Fsp3) is 0.846. The fourth-order valence-electron chi connectivity index (χ4n) is 2.12. The molecule has 0 aromatic rings. The number of hydrazine groups is 1. The average Bonchev–Trinajstić information content (AvgIpc) is 2.53. The number of carbonyl (C=O) groups excluding carboxylic acids is 2. The molecule has 0 radical (unpaired) electrons. The summed E-state index contributed by atoms with van der Waals surface area (Å²) in [6.45, 7) is 3.04. The predicted octanol–water partition coefficient (Wildman–Crippen LogP) is -1.11. The summed E-state index contributed by atoms with van der Waals surface area (Å²) in [5.74, 6) is 4.78. The minimum atomic E-state index is -0.161. The molecule has 8 heteroatoms. The number of nitrogens with zero attached hydrogens (tertiary/aromatic N) is 1. The maximum Gasteiger partial charge on any atom is 0.248 e. The Bertz CT molecular complexity index is 319. The Balaban J connectivity index is 2.07. The van der Waals surface area contributed by atoms with Gasteiger partial charge in [-0.25, -0.2) is 5.84 Å². The van der Waals surface area contributed by atoms with Crippen LogP contribution in [-0.2, 0) is 23.8 Å². The van der Waals surface area contributed by atoms with E-state index in [-0.39, 0.29) is 24.3 Å². The molecule has 0 bridgehead atoms. The Kier molecular flexibility index (Phi) is 8.91. The highest BCUT2D eigenvalue weighted by Gasteiger charge is 2.26. The monoisotopic (exact) mass is 303 g/mol. The topological polar surface area (TPSA) is 103 Å². The summed E-state index contributed by atoms with van der Waals surface area (Å²) >= 11 is 0. The lowest BCUT2D eigenvalue weighted by Gasteiger charge is -2.30. The van der Waals surface area contributed by atoms with Gasteiger partial charge in [-0.2, -0.15) is 0 Å². The van der Waals surface area contributed by atoms with E-state index in [1.807, 2.05) is 0 Å². The van der Waals surface area contributed by atoms with Crippen molar-refractivity contribution in [2.75, 3.05) is 53.2 Å². The summed E-state index contributed by atoms with van der Waals surface area (Å²) in [6, 6.07) is 0. The van der Waals surface area contributed by atoms with Gasteiger partial charge in [0, 0.05) is 26.1 Å². The Labute approximate surface area is 124 Å². The van der Waals surface area contributed by atoms with Crippen molar-refractivity contribution < 1.29 is 23.8 Å². The zero-order chi connectivity index (χ0) is 15.5.